The van der Waals surface area contributed by atoms with Crippen molar-refractivity contribution < 1.29 is 14.3 Å². The summed E-state index contributed by atoms with van der Waals surface area (Å²) in [5, 5.41) is 11.6. The maximum absolute atomic E-state index is 13.5. The van der Waals surface area contributed by atoms with E-state index in [1.807, 2.05) is 52.0 Å². The van der Waals surface area contributed by atoms with Gasteiger partial charge in [-0.15, -0.1) is 0 Å². The fourth-order valence-electron chi connectivity index (χ4n) is 4.29. The summed E-state index contributed by atoms with van der Waals surface area (Å²) in [7, 11) is 0. The van der Waals surface area contributed by atoms with Crippen LogP contribution in [0.15, 0.2) is 24.3 Å². The van der Waals surface area contributed by atoms with Gasteiger partial charge in [-0.3, -0.25) is 9.89 Å². The average molecular weight is 603 g/mol. The minimum absolute atomic E-state index is 0.113. The zero-order valence-corrected chi connectivity index (χ0v) is 23.0. The van der Waals surface area contributed by atoms with Gasteiger partial charge in [0.25, 0.3) is 5.91 Å². The number of hydrogen-bond donors (Lipinski definition) is 2. The topological polar surface area (TPSA) is 116 Å². The van der Waals surface area contributed by atoms with E-state index in [1.54, 1.807) is 9.80 Å². The second-order valence-electron chi connectivity index (χ2n) is 10.4. The van der Waals surface area contributed by atoms with Gasteiger partial charge in [0.15, 0.2) is 5.82 Å². The fourth-order valence-corrected chi connectivity index (χ4v) is 4.78. The van der Waals surface area contributed by atoms with Crippen molar-refractivity contribution in [2.75, 3.05) is 25.0 Å². The Balaban J connectivity index is 1.38. The Labute approximate surface area is 223 Å². The first-order chi connectivity index (χ1) is 17.1. The molecule has 0 spiro atoms. The number of aromatic nitrogens is 4. The van der Waals surface area contributed by atoms with Gasteiger partial charge in [0.2, 0.25) is 5.82 Å². The Kier molecular flexibility index (Phi) is 6.52. The third kappa shape index (κ3) is 5.40. The van der Waals surface area contributed by atoms with Crippen molar-refractivity contribution in [3.05, 3.63) is 39.4 Å². The van der Waals surface area contributed by atoms with E-state index in [0.29, 0.717) is 42.7 Å². The highest BCUT2D eigenvalue weighted by Crippen LogP contribution is 2.39. The van der Waals surface area contributed by atoms with Gasteiger partial charge in [-0.25, -0.2) is 14.8 Å². The number of nitrogens with zero attached hydrogens (tertiary/aromatic N) is 5. The maximum Gasteiger partial charge on any atom is 0.410 e. The monoisotopic (exact) mass is 603 g/mol. The summed E-state index contributed by atoms with van der Waals surface area (Å²) < 4.78 is 6.56. The number of anilines is 2. The molecule has 3 aromatic rings. The van der Waals surface area contributed by atoms with Crippen molar-refractivity contribution in [1.82, 2.24) is 30.0 Å². The summed E-state index contributed by atoms with van der Waals surface area (Å²) in [6.45, 7) is 8.57. The van der Waals surface area contributed by atoms with E-state index < -0.39 is 5.60 Å². The predicted octanol–water partition coefficient (Wildman–Crippen LogP) is 4.66. The lowest BCUT2D eigenvalue weighted by atomic mass is 10.2. The first-order valence-corrected chi connectivity index (χ1v) is 13.2. The van der Waals surface area contributed by atoms with Crippen molar-refractivity contribution in [2.45, 2.75) is 58.1 Å². The number of halogens is 1. The second kappa shape index (κ2) is 9.49. The molecule has 0 bridgehead atoms. The number of H-pyrrole nitrogens is 1. The molecule has 0 radical (unpaired) electrons. The summed E-state index contributed by atoms with van der Waals surface area (Å²) in [5.41, 5.74) is 1.21. The standard InChI is InChI=1S/C25H30IN7O3/c1-14-13-32(9-10-33(14)24(35)36-25(2,3)4)23(34)22-27-18-8-7-16(26)11-17(18)21(29-22)28-20-12-19(30-31-20)15-5-6-15/h7-8,11-12,14-15H,5-6,9-10,13H2,1-4H3,(H2,27,28,29,30,31)/t14-/m1/s1. The Morgan fingerprint density at radius 3 is 2.64 bits per heavy atom. The lowest BCUT2D eigenvalue weighted by Crippen LogP contribution is -2.56. The minimum Gasteiger partial charge on any atom is -0.444 e. The van der Waals surface area contributed by atoms with Crippen molar-refractivity contribution in [2.24, 2.45) is 0 Å². The van der Waals surface area contributed by atoms with Crippen LogP contribution >= 0.6 is 22.6 Å². The molecular weight excluding hydrogens is 573 g/mol. The molecule has 2 N–H and O–H groups in total. The largest absolute Gasteiger partial charge is 0.444 e. The van der Waals surface area contributed by atoms with Crippen molar-refractivity contribution >= 4 is 57.1 Å². The summed E-state index contributed by atoms with van der Waals surface area (Å²) in [5.74, 6) is 1.59. The Bertz CT molecular complexity index is 1310. The highest BCUT2D eigenvalue weighted by molar-refractivity contribution is 14.1. The van der Waals surface area contributed by atoms with E-state index in [-0.39, 0.29) is 23.9 Å². The molecule has 1 aliphatic heterocycles. The van der Waals surface area contributed by atoms with Crippen LogP contribution in [-0.4, -0.2) is 73.2 Å². The van der Waals surface area contributed by atoms with Gasteiger partial charge < -0.3 is 19.9 Å². The predicted molar refractivity (Wildman–Crippen MR) is 144 cm³/mol. The molecule has 36 heavy (non-hydrogen) atoms. The van der Waals surface area contributed by atoms with E-state index in [4.69, 9.17) is 4.74 Å². The Hall–Kier alpha value is -2.96. The number of piperazine rings is 1. The lowest BCUT2D eigenvalue weighted by Gasteiger charge is -2.39. The van der Waals surface area contributed by atoms with Gasteiger partial charge >= 0.3 is 6.09 Å². The van der Waals surface area contributed by atoms with Crippen molar-refractivity contribution in [3.8, 4) is 0 Å². The number of aromatic amines is 1. The number of carbonyl (C=O) groups excluding carboxylic acids is 2. The van der Waals surface area contributed by atoms with E-state index in [0.717, 1.165) is 14.7 Å². The highest BCUT2D eigenvalue weighted by Gasteiger charge is 2.34. The third-order valence-electron chi connectivity index (χ3n) is 6.25. The van der Waals surface area contributed by atoms with Crippen molar-refractivity contribution in [3.63, 3.8) is 0 Å². The molecule has 1 aromatic carbocycles. The number of carbonyl (C=O) groups is 2. The van der Waals surface area contributed by atoms with Crippen LogP contribution in [0.3, 0.4) is 0 Å². The number of benzene rings is 1. The molecule has 1 saturated carbocycles. The maximum atomic E-state index is 13.5. The number of amides is 2. The van der Waals surface area contributed by atoms with Gasteiger partial charge in [-0.05, 0) is 81.3 Å². The first-order valence-electron chi connectivity index (χ1n) is 12.2. The van der Waals surface area contributed by atoms with Crippen LogP contribution in [0.4, 0.5) is 16.4 Å². The summed E-state index contributed by atoms with van der Waals surface area (Å²) >= 11 is 2.25. The summed E-state index contributed by atoms with van der Waals surface area (Å²) in [6.07, 6.45) is 1.98. The van der Waals surface area contributed by atoms with E-state index in [2.05, 4.69) is 48.1 Å². The molecule has 5 rings (SSSR count). The molecule has 0 unspecified atom stereocenters. The summed E-state index contributed by atoms with van der Waals surface area (Å²) in [4.78, 5) is 38.6. The Morgan fingerprint density at radius 2 is 1.94 bits per heavy atom. The normalized spacial score (nSPS) is 18.4. The molecule has 190 valence electrons. The van der Waals surface area contributed by atoms with Gasteiger partial charge in [0.1, 0.15) is 11.4 Å². The lowest BCUT2D eigenvalue weighted by molar-refractivity contribution is 0.00182. The second-order valence-corrected chi connectivity index (χ2v) is 11.7. The molecule has 2 aromatic heterocycles. The molecule has 2 aliphatic rings. The number of fused-ring (bicyclic) bond motifs is 1. The van der Waals surface area contributed by atoms with Crippen LogP contribution in [0.5, 0.6) is 0 Å². The van der Waals surface area contributed by atoms with Crippen LogP contribution in [-0.2, 0) is 4.74 Å². The van der Waals surface area contributed by atoms with Crippen LogP contribution in [0, 0.1) is 3.57 Å². The molecular formula is C25H30IN7O3. The van der Waals surface area contributed by atoms with Crippen LogP contribution in [0.25, 0.3) is 10.9 Å². The van der Waals surface area contributed by atoms with E-state index >= 15 is 0 Å². The fraction of sp³-hybridized carbons (Fsp3) is 0.480. The average Bonchev–Trinajstić information content (AvgIpc) is 3.56. The van der Waals surface area contributed by atoms with Crippen LogP contribution in [0.1, 0.15) is 62.8 Å². The number of hydrogen-bond acceptors (Lipinski definition) is 7. The number of ether oxygens (including phenoxy) is 1. The summed E-state index contributed by atoms with van der Waals surface area (Å²) in [6, 6.07) is 7.64. The first kappa shape index (κ1) is 24.7. The number of nitrogens with one attached hydrogen (secondary N) is 2. The SMILES string of the molecule is C[C@@H]1CN(C(=O)c2nc(Nc3cc(C4CC4)[nH]n3)c3cc(I)ccc3n2)CCN1C(=O)OC(C)(C)C. The molecule has 2 fully saturated rings. The molecule has 10 nitrogen and oxygen atoms in total. The van der Waals surface area contributed by atoms with E-state index in [1.165, 1.54) is 12.8 Å². The van der Waals surface area contributed by atoms with E-state index in [9.17, 15) is 9.59 Å². The minimum atomic E-state index is -0.572. The quantitative estimate of drug-likeness (QED) is 0.417. The zero-order valence-electron chi connectivity index (χ0n) is 20.8. The van der Waals surface area contributed by atoms with Gasteiger partial charge in [-0.1, -0.05) is 0 Å². The molecule has 3 heterocycles. The van der Waals surface area contributed by atoms with Gasteiger partial charge in [-0.2, -0.15) is 5.10 Å². The molecule has 11 heteroatoms. The van der Waals surface area contributed by atoms with Crippen LogP contribution < -0.4 is 5.32 Å². The smallest absolute Gasteiger partial charge is 0.410 e. The Morgan fingerprint density at radius 1 is 1.17 bits per heavy atom. The van der Waals surface area contributed by atoms with Gasteiger partial charge in [0.05, 0.1) is 5.52 Å². The molecule has 1 aliphatic carbocycles. The zero-order chi connectivity index (χ0) is 25.6. The molecule has 2 amide bonds. The molecule has 1 atom stereocenters. The molecule has 1 saturated heterocycles. The van der Waals surface area contributed by atoms with Gasteiger partial charge in [0, 0.05) is 52.3 Å². The van der Waals surface area contributed by atoms with Crippen LogP contribution in [0.2, 0.25) is 0 Å². The third-order valence-corrected chi connectivity index (χ3v) is 6.92. The number of rotatable bonds is 4. The highest BCUT2D eigenvalue weighted by atomic mass is 127. The van der Waals surface area contributed by atoms with Crippen molar-refractivity contribution in [1.29, 1.82) is 0 Å².